The minimum Gasteiger partial charge on any atom is -0.391 e. The maximum atomic E-state index is 11.6. The van der Waals surface area contributed by atoms with Crippen molar-refractivity contribution in [2.24, 2.45) is 0 Å². The molecule has 0 fully saturated rings. The first kappa shape index (κ1) is 11.7. The fourth-order valence-electron chi connectivity index (χ4n) is 0.500. The van der Waals surface area contributed by atoms with Crippen LogP contribution in [0.15, 0.2) is 0 Å². The molecule has 0 aromatic heterocycles. The Kier molecular flexibility index (Phi) is 4.55. The molecule has 2 atom stereocenters. The van der Waals surface area contributed by atoms with E-state index < -0.39 is 31.4 Å². The van der Waals surface area contributed by atoms with Gasteiger partial charge in [0.05, 0.1) is 25.2 Å². The van der Waals surface area contributed by atoms with Crippen LogP contribution in [0.2, 0.25) is 0 Å². The van der Waals surface area contributed by atoms with Crippen LogP contribution in [0.5, 0.6) is 0 Å². The standard InChI is InChI=1S/C7H13F3O2/c1-5(11)6(2)12-4-3-7(8,9)10/h5-6,11H,3-4H2,1-2H3/t5-,6?/m0/s1. The monoisotopic (exact) mass is 186 g/mol. The van der Waals surface area contributed by atoms with E-state index in [4.69, 9.17) is 9.84 Å². The largest absolute Gasteiger partial charge is 0.391 e. The zero-order valence-corrected chi connectivity index (χ0v) is 7.06. The lowest BCUT2D eigenvalue weighted by Crippen LogP contribution is -2.24. The highest BCUT2D eigenvalue weighted by atomic mass is 19.4. The Balaban J connectivity index is 3.44. The Labute approximate surface area is 69.3 Å². The average Bonchev–Trinajstić information content (AvgIpc) is 1.84. The molecule has 0 rings (SSSR count). The van der Waals surface area contributed by atoms with Crippen molar-refractivity contribution >= 4 is 0 Å². The van der Waals surface area contributed by atoms with Gasteiger partial charge in [-0.3, -0.25) is 0 Å². The molecule has 12 heavy (non-hydrogen) atoms. The van der Waals surface area contributed by atoms with Crippen LogP contribution in [0.1, 0.15) is 20.3 Å². The van der Waals surface area contributed by atoms with Crippen LogP contribution in [0.3, 0.4) is 0 Å². The first-order valence-corrected chi connectivity index (χ1v) is 3.69. The van der Waals surface area contributed by atoms with Crippen LogP contribution in [-0.4, -0.2) is 30.1 Å². The summed E-state index contributed by atoms with van der Waals surface area (Å²) >= 11 is 0. The zero-order chi connectivity index (χ0) is 9.78. The molecule has 0 aliphatic rings. The summed E-state index contributed by atoms with van der Waals surface area (Å²) in [5.41, 5.74) is 0. The summed E-state index contributed by atoms with van der Waals surface area (Å²) in [7, 11) is 0. The molecule has 2 nitrogen and oxygen atoms in total. The molecule has 0 saturated heterocycles. The van der Waals surface area contributed by atoms with Gasteiger partial charge in [0.15, 0.2) is 0 Å². The SMILES string of the molecule is CC(OCCC(F)(F)F)[C@H](C)O. The van der Waals surface area contributed by atoms with E-state index in [0.29, 0.717) is 0 Å². The first-order chi connectivity index (χ1) is 5.33. The topological polar surface area (TPSA) is 29.5 Å². The van der Waals surface area contributed by atoms with Crippen molar-refractivity contribution in [2.45, 2.75) is 38.7 Å². The lowest BCUT2D eigenvalue weighted by atomic mass is 10.2. The van der Waals surface area contributed by atoms with Gasteiger partial charge < -0.3 is 9.84 Å². The molecule has 0 amide bonds. The van der Waals surface area contributed by atoms with E-state index in [0.717, 1.165) is 0 Å². The van der Waals surface area contributed by atoms with E-state index in [1.54, 1.807) is 0 Å². The Bertz CT molecular complexity index is 122. The number of ether oxygens (including phenoxy) is 1. The second-order valence-corrected chi connectivity index (χ2v) is 2.68. The van der Waals surface area contributed by atoms with E-state index in [-0.39, 0.29) is 0 Å². The number of hydrogen-bond donors (Lipinski definition) is 1. The van der Waals surface area contributed by atoms with Gasteiger partial charge in [-0.2, -0.15) is 13.2 Å². The van der Waals surface area contributed by atoms with Gasteiger partial charge in [0, 0.05) is 0 Å². The third-order valence-corrected chi connectivity index (χ3v) is 1.45. The van der Waals surface area contributed by atoms with Crippen molar-refractivity contribution in [3.8, 4) is 0 Å². The summed E-state index contributed by atoms with van der Waals surface area (Å²) in [6.07, 6.45) is -6.44. The van der Waals surface area contributed by atoms with E-state index in [1.165, 1.54) is 13.8 Å². The number of halogens is 3. The van der Waals surface area contributed by atoms with Gasteiger partial charge in [0.1, 0.15) is 0 Å². The van der Waals surface area contributed by atoms with E-state index in [2.05, 4.69) is 0 Å². The van der Waals surface area contributed by atoms with Crippen molar-refractivity contribution in [3.63, 3.8) is 0 Å². The molecule has 0 heterocycles. The van der Waals surface area contributed by atoms with Crippen LogP contribution in [0, 0.1) is 0 Å². The maximum Gasteiger partial charge on any atom is 0.391 e. The molecule has 0 saturated carbocycles. The summed E-state index contributed by atoms with van der Waals surface area (Å²) in [6, 6.07) is 0. The lowest BCUT2D eigenvalue weighted by Gasteiger charge is -2.16. The normalized spacial score (nSPS) is 17.5. The number of hydrogen-bond acceptors (Lipinski definition) is 2. The summed E-state index contributed by atoms with van der Waals surface area (Å²) in [6.45, 7) is 2.61. The number of aliphatic hydroxyl groups is 1. The van der Waals surface area contributed by atoms with Crippen LogP contribution >= 0.6 is 0 Å². The Morgan fingerprint density at radius 3 is 2.17 bits per heavy atom. The minimum atomic E-state index is -4.18. The second kappa shape index (κ2) is 4.67. The van der Waals surface area contributed by atoms with E-state index in [1.807, 2.05) is 0 Å². The first-order valence-electron chi connectivity index (χ1n) is 3.69. The molecular formula is C7H13F3O2. The van der Waals surface area contributed by atoms with Crippen LogP contribution < -0.4 is 0 Å². The van der Waals surface area contributed by atoms with Gasteiger partial charge in [-0.05, 0) is 13.8 Å². The molecule has 0 aliphatic carbocycles. The van der Waals surface area contributed by atoms with Gasteiger partial charge >= 0.3 is 6.18 Å². The maximum absolute atomic E-state index is 11.6. The average molecular weight is 186 g/mol. The van der Waals surface area contributed by atoms with Crippen LogP contribution in [0.4, 0.5) is 13.2 Å². The predicted octanol–water partition coefficient (Wildman–Crippen LogP) is 1.72. The third kappa shape index (κ3) is 6.42. The zero-order valence-electron chi connectivity index (χ0n) is 7.06. The molecular weight excluding hydrogens is 173 g/mol. The third-order valence-electron chi connectivity index (χ3n) is 1.45. The highest BCUT2D eigenvalue weighted by Gasteiger charge is 2.27. The number of rotatable bonds is 4. The van der Waals surface area contributed by atoms with Crippen LogP contribution in [0.25, 0.3) is 0 Å². The molecule has 0 bridgehead atoms. The smallest absolute Gasteiger partial charge is 0.391 e. The van der Waals surface area contributed by atoms with Crippen molar-refractivity contribution in [1.29, 1.82) is 0 Å². The number of aliphatic hydroxyl groups excluding tert-OH is 1. The molecule has 1 N–H and O–H groups in total. The quantitative estimate of drug-likeness (QED) is 0.724. The molecule has 0 aromatic carbocycles. The molecule has 0 spiro atoms. The molecule has 74 valence electrons. The van der Waals surface area contributed by atoms with Gasteiger partial charge in [-0.1, -0.05) is 0 Å². The van der Waals surface area contributed by atoms with Gasteiger partial charge in [-0.15, -0.1) is 0 Å². The molecule has 0 aliphatic heterocycles. The molecule has 5 heteroatoms. The lowest BCUT2D eigenvalue weighted by molar-refractivity contribution is -0.152. The Hall–Kier alpha value is -0.290. The summed E-state index contributed by atoms with van der Waals surface area (Å²) in [5.74, 6) is 0. The second-order valence-electron chi connectivity index (χ2n) is 2.68. The molecule has 0 aromatic rings. The van der Waals surface area contributed by atoms with Crippen molar-refractivity contribution < 1.29 is 23.0 Å². The summed E-state index contributed by atoms with van der Waals surface area (Å²) < 4.78 is 39.4. The highest BCUT2D eigenvalue weighted by molar-refractivity contribution is 4.57. The fourth-order valence-corrected chi connectivity index (χ4v) is 0.500. The Morgan fingerprint density at radius 2 is 1.83 bits per heavy atom. The molecule has 1 unspecified atom stereocenters. The van der Waals surface area contributed by atoms with Gasteiger partial charge in [0.25, 0.3) is 0 Å². The van der Waals surface area contributed by atoms with Crippen molar-refractivity contribution in [2.75, 3.05) is 6.61 Å². The van der Waals surface area contributed by atoms with Crippen molar-refractivity contribution in [3.05, 3.63) is 0 Å². The van der Waals surface area contributed by atoms with E-state index in [9.17, 15) is 13.2 Å². The van der Waals surface area contributed by atoms with Gasteiger partial charge in [-0.25, -0.2) is 0 Å². The van der Waals surface area contributed by atoms with Crippen LogP contribution in [-0.2, 0) is 4.74 Å². The van der Waals surface area contributed by atoms with Crippen molar-refractivity contribution in [1.82, 2.24) is 0 Å². The summed E-state index contributed by atoms with van der Waals surface area (Å²) in [5, 5.41) is 8.84. The predicted molar refractivity (Wildman–Crippen MR) is 37.8 cm³/mol. The Morgan fingerprint density at radius 1 is 1.33 bits per heavy atom. The fraction of sp³-hybridized carbons (Fsp3) is 1.00. The highest BCUT2D eigenvalue weighted by Crippen LogP contribution is 2.19. The van der Waals surface area contributed by atoms with E-state index >= 15 is 0 Å². The minimum absolute atomic E-state index is 0.393. The summed E-state index contributed by atoms with van der Waals surface area (Å²) in [4.78, 5) is 0. The molecule has 0 radical (unpaired) electrons. The number of alkyl halides is 3. The van der Waals surface area contributed by atoms with Gasteiger partial charge in [0.2, 0.25) is 0 Å².